The van der Waals surface area contributed by atoms with Gasteiger partial charge in [-0.05, 0) is 37.1 Å². The van der Waals surface area contributed by atoms with Gasteiger partial charge < -0.3 is 4.57 Å². The van der Waals surface area contributed by atoms with E-state index < -0.39 is 0 Å². The largest absolute Gasteiger partial charge is 0.315 e. The Morgan fingerprint density at radius 1 is 1.22 bits per heavy atom. The van der Waals surface area contributed by atoms with Crippen molar-refractivity contribution in [1.82, 2.24) is 4.57 Å². The van der Waals surface area contributed by atoms with Crippen molar-refractivity contribution < 1.29 is 4.79 Å². The molecule has 0 radical (unpaired) electrons. The molecule has 1 heterocycles. The van der Waals surface area contributed by atoms with E-state index in [1.165, 1.54) is 11.3 Å². The second-order valence-corrected chi connectivity index (χ2v) is 6.77. The minimum absolute atomic E-state index is 0.212. The zero-order chi connectivity index (χ0) is 16.4. The number of hydrogen-bond acceptors (Lipinski definition) is 2. The van der Waals surface area contributed by atoms with E-state index in [0.29, 0.717) is 15.4 Å². The third-order valence-electron chi connectivity index (χ3n) is 3.67. The number of benzene rings is 2. The Labute approximate surface area is 143 Å². The fourth-order valence-corrected chi connectivity index (χ4v) is 3.98. The quantitative estimate of drug-likeness (QED) is 0.671. The van der Waals surface area contributed by atoms with Crippen molar-refractivity contribution in [3.8, 4) is 0 Å². The normalized spacial score (nSPS) is 12.0. The van der Waals surface area contributed by atoms with Gasteiger partial charge in [0, 0.05) is 12.1 Å². The van der Waals surface area contributed by atoms with Crippen LogP contribution >= 0.6 is 22.9 Å². The van der Waals surface area contributed by atoms with E-state index in [2.05, 4.69) is 11.9 Å². The van der Waals surface area contributed by atoms with Crippen LogP contribution in [0.2, 0.25) is 5.02 Å². The van der Waals surface area contributed by atoms with Crippen LogP contribution in [0.25, 0.3) is 10.2 Å². The van der Waals surface area contributed by atoms with Crippen LogP contribution in [0, 0.1) is 6.92 Å². The predicted molar refractivity (Wildman–Crippen MR) is 96.2 cm³/mol. The molecule has 0 aliphatic rings. The van der Waals surface area contributed by atoms with Crippen LogP contribution in [-0.2, 0) is 6.54 Å². The number of fused-ring (bicyclic) bond motifs is 1. The molecule has 0 aliphatic carbocycles. The van der Waals surface area contributed by atoms with E-state index in [1.807, 2.05) is 54.0 Å². The average Bonchev–Trinajstić information content (AvgIpc) is 2.87. The number of carbonyl (C=O) groups excluding carboxylic acids is 1. The van der Waals surface area contributed by atoms with E-state index in [9.17, 15) is 4.79 Å². The third kappa shape index (κ3) is 3.09. The lowest BCUT2D eigenvalue weighted by Crippen LogP contribution is -2.17. The molecule has 0 saturated heterocycles. The highest BCUT2D eigenvalue weighted by Crippen LogP contribution is 2.25. The highest BCUT2D eigenvalue weighted by atomic mass is 35.5. The van der Waals surface area contributed by atoms with Crippen molar-refractivity contribution in [1.29, 1.82) is 0 Å². The Balaban J connectivity index is 2.19. The Kier molecular flexibility index (Phi) is 4.64. The summed E-state index contributed by atoms with van der Waals surface area (Å²) in [6.45, 7) is 4.80. The SMILES string of the molecule is CCCn1c(=NC(=O)c2ccccc2C)sc2cccc(Cl)c21. The molecule has 0 bridgehead atoms. The van der Waals surface area contributed by atoms with E-state index in [-0.39, 0.29) is 5.91 Å². The Morgan fingerprint density at radius 3 is 2.74 bits per heavy atom. The summed E-state index contributed by atoms with van der Waals surface area (Å²) in [6.07, 6.45) is 0.947. The highest BCUT2D eigenvalue weighted by molar-refractivity contribution is 7.16. The van der Waals surface area contributed by atoms with Crippen LogP contribution in [-0.4, -0.2) is 10.5 Å². The lowest BCUT2D eigenvalue weighted by molar-refractivity contribution is 0.0997. The van der Waals surface area contributed by atoms with E-state index in [0.717, 1.165) is 28.7 Å². The molecular formula is C18H17ClN2OS. The zero-order valence-corrected chi connectivity index (χ0v) is 14.6. The number of para-hydroxylation sites is 1. The van der Waals surface area contributed by atoms with E-state index >= 15 is 0 Å². The fourth-order valence-electron chi connectivity index (χ4n) is 2.56. The molecule has 0 saturated carbocycles. The molecule has 0 aliphatic heterocycles. The average molecular weight is 345 g/mol. The third-order valence-corrected chi connectivity index (χ3v) is 5.02. The van der Waals surface area contributed by atoms with Crippen molar-refractivity contribution in [2.24, 2.45) is 4.99 Å². The number of rotatable bonds is 3. The number of carbonyl (C=O) groups is 1. The molecule has 2 aromatic carbocycles. The second kappa shape index (κ2) is 6.69. The van der Waals surface area contributed by atoms with Crippen molar-refractivity contribution in [3.63, 3.8) is 0 Å². The van der Waals surface area contributed by atoms with Gasteiger partial charge in [-0.2, -0.15) is 4.99 Å². The molecule has 0 N–H and O–H groups in total. The van der Waals surface area contributed by atoms with Crippen LogP contribution in [0.5, 0.6) is 0 Å². The first-order valence-electron chi connectivity index (χ1n) is 7.54. The maximum absolute atomic E-state index is 12.5. The molecule has 0 fully saturated rings. The highest BCUT2D eigenvalue weighted by Gasteiger charge is 2.12. The summed E-state index contributed by atoms with van der Waals surface area (Å²) in [5.41, 5.74) is 2.53. The predicted octanol–water partition coefficient (Wildman–Crippen LogP) is 4.82. The van der Waals surface area contributed by atoms with Gasteiger partial charge in [0.2, 0.25) is 0 Å². The lowest BCUT2D eigenvalue weighted by Gasteiger charge is -2.04. The first kappa shape index (κ1) is 16.0. The summed E-state index contributed by atoms with van der Waals surface area (Å²) >= 11 is 7.85. The molecule has 0 spiro atoms. The number of amides is 1. The number of aryl methyl sites for hydroxylation is 2. The molecule has 118 valence electrons. The summed E-state index contributed by atoms with van der Waals surface area (Å²) in [6, 6.07) is 13.3. The summed E-state index contributed by atoms with van der Waals surface area (Å²) in [4.78, 5) is 17.6. The number of thiazole rings is 1. The number of halogens is 1. The molecule has 1 aromatic heterocycles. The first-order valence-corrected chi connectivity index (χ1v) is 8.73. The van der Waals surface area contributed by atoms with Crippen LogP contribution in [0.1, 0.15) is 29.3 Å². The minimum Gasteiger partial charge on any atom is -0.315 e. The zero-order valence-electron chi connectivity index (χ0n) is 13.0. The Morgan fingerprint density at radius 2 is 2.00 bits per heavy atom. The van der Waals surface area contributed by atoms with Crippen LogP contribution in [0.15, 0.2) is 47.5 Å². The Hall–Kier alpha value is -1.91. The fraction of sp³-hybridized carbons (Fsp3) is 0.222. The molecule has 3 rings (SSSR count). The Bertz CT molecular complexity index is 940. The van der Waals surface area contributed by atoms with Gasteiger partial charge in [-0.25, -0.2) is 0 Å². The standard InChI is InChI=1S/C18H17ClN2OS/c1-3-11-21-16-14(19)9-6-10-15(16)23-18(21)20-17(22)13-8-5-4-7-12(13)2/h4-10H,3,11H2,1-2H3. The summed E-state index contributed by atoms with van der Waals surface area (Å²) < 4.78 is 3.08. The second-order valence-electron chi connectivity index (χ2n) is 5.35. The van der Waals surface area contributed by atoms with Gasteiger partial charge in [-0.1, -0.05) is 54.1 Å². The summed E-state index contributed by atoms with van der Waals surface area (Å²) in [5, 5.41) is 0.692. The van der Waals surface area contributed by atoms with E-state index in [4.69, 9.17) is 11.6 Å². The molecule has 3 aromatic rings. The van der Waals surface area contributed by atoms with Crippen molar-refractivity contribution in [2.45, 2.75) is 26.8 Å². The van der Waals surface area contributed by atoms with Gasteiger partial charge >= 0.3 is 0 Å². The van der Waals surface area contributed by atoms with Gasteiger partial charge in [0.15, 0.2) is 4.80 Å². The van der Waals surface area contributed by atoms with Crippen LogP contribution in [0.4, 0.5) is 0 Å². The van der Waals surface area contributed by atoms with Gasteiger partial charge in [-0.3, -0.25) is 4.79 Å². The number of nitrogens with zero attached hydrogens (tertiary/aromatic N) is 2. The van der Waals surface area contributed by atoms with E-state index in [1.54, 1.807) is 0 Å². The van der Waals surface area contributed by atoms with Crippen LogP contribution in [0.3, 0.4) is 0 Å². The van der Waals surface area contributed by atoms with Crippen molar-refractivity contribution in [3.05, 3.63) is 63.4 Å². The van der Waals surface area contributed by atoms with Crippen molar-refractivity contribution in [2.75, 3.05) is 0 Å². The number of aromatic nitrogens is 1. The lowest BCUT2D eigenvalue weighted by atomic mass is 10.1. The molecule has 0 atom stereocenters. The molecule has 1 amide bonds. The molecule has 0 unspecified atom stereocenters. The topological polar surface area (TPSA) is 34.4 Å². The van der Waals surface area contributed by atoms with Crippen molar-refractivity contribution >= 4 is 39.1 Å². The summed E-state index contributed by atoms with van der Waals surface area (Å²) in [5.74, 6) is -0.212. The summed E-state index contributed by atoms with van der Waals surface area (Å²) in [7, 11) is 0. The maximum Gasteiger partial charge on any atom is 0.279 e. The smallest absolute Gasteiger partial charge is 0.279 e. The van der Waals surface area contributed by atoms with Gasteiger partial charge in [0.1, 0.15) is 0 Å². The first-order chi connectivity index (χ1) is 11.1. The minimum atomic E-state index is -0.212. The van der Waals surface area contributed by atoms with Gasteiger partial charge in [-0.15, -0.1) is 0 Å². The molecule has 3 nitrogen and oxygen atoms in total. The molecular weight excluding hydrogens is 328 g/mol. The van der Waals surface area contributed by atoms with Gasteiger partial charge in [0.25, 0.3) is 5.91 Å². The maximum atomic E-state index is 12.5. The molecule has 23 heavy (non-hydrogen) atoms. The van der Waals surface area contributed by atoms with Gasteiger partial charge in [0.05, 0.1) is 15.2 Å². The van der Waals surface area contributed by atoms with Crippen LogP contribution < -0.4 is 4.80 Å². The number of hydrogen-bond donors (Lipinski definition) is 0. The molecule has 5 heteroatoms. The monoisotopic (exact) mass is 344 g/mol.